The van der Waals surface area contributed by atoms with E-state index in [1.165, 1.54) is 11.5 Å². The van der Waals surface area contributed by atoms with E-state index in [0.29, 0.717) is 37.1 Å². The highest BCUT2D eigenvalue weighted by molar-refractivity contribution is 7.93. The smallest absolute Gasteiger partial charge is 0.264 e. The fourth-order valence-electron chi connectivity index (χ4n) is 4.29. The van der Waals surface area contributed by atoms with Gasteiger partial charge < -0.3 is 10.0 Å². The fraction of sp³-hybridized carbons (Fsp3) is 0.200. The molecule has 4 aromatic rings. The zero-order valence-corrected chi connectivity index (χ0v) is 20.0. The molecule has 0 bridgehead atoms. The number of benzene rings is 2. The molecule has 0 atom stereocenters. The van der Waals surface area contributed by atoms with Crippen LogP contribution < -0.4 is 4.72 Å². The molecule has 5 rings (SSSR count). The van der Waals surface area contributed by atoms with Gasteiger partial charge in [-0.15, -0.1) is 0 Å². The Kier molecular flexibility index (Phi) is 5.85. The largest absolute Gasteiger partial charge is 0.385 e. The molecule has 2 aromatic heterocycles. The summed E-state index contributed by atoms with van der Waals surface area (Å²) in [5, 5.41) is 13.6. The molecule has 0 radical (unpaired) electrons. The Morgan fingerprint density at radius 2 is 1.82 bits per heavy atom. The van der Waals surface area contributed by atoms with E-state index in [1.54, 1.807) is 42.7 Å². The van der Waals surface area contributed by atoms with Crippen molar-refractivity contribution in [3.63, 3.8) is 0 Å². The van der Waals surface area contributed by atoms with Gasteiger partial charge in [0.2, 0.25) is 0 Å². The predicted octanol–water partition coefficient (Wildman–Crippen LogP) is 4.45. The van der Waals surface area contributed by atoms with E-state index in [1.807, 2.05) is 29.6 Å². The first-order valence-corrected chi connectivity index (χ1v) is 13.2. The highest BCUT2D eigenvalue weighted by atomic mass is 32.2. The number of sulfonamides is 1. The molecule has 0 spiro atoms. The monoisotopic (exact) mass is 492 g/mol. The van der Waals surface area contributed by atoms with E-state index in [-0.39, 0.29) is 4.90 Å². The van der Waals surface area contributed by atoms with Crippen LogP contribution >= 0.6 is 11.5 Å². The zero-order valence-electron chi connectivity index (χ0n) is 18.4. The summed E-state index contributed by atoms with van der Waals surface area (Å²) in [5.41, 5.74) is 2.67. The summed E-state index contributed by atoms with van der Waals surface area (Å²) in [6.07, 6.45) is 4.52. The lowest BCUT2D eigenvalue weighted by Gasteiger charge is -2.39. The average molecular weight is 493 g/mol. The highest BCUT2D eigenvalue weighted by Crippen LogP contribution is 2.35. The lowest BCUT2D eigenvalue weighted by atomic mass is 9.86. The first kappa shape index (κ1) is 22.5. The number of aromatic nitrogens is 2. The van der Waals surface area contributed by atoms with Crippen molar-refractivity contribution in [3.8, 4) is 0 Å². The van der Waals surface area contributed by atoms with Crippen LogP contribution in [0.5, 0.6) is 0 Å². The highest BCUT2D eigenvalue weighted by Gasteiger charge is 2.35. The fourth-order valence-corrected chi connectivity index (χ4v) is 6.15. The molecule has 0 aliphatic carbocycles. The third-order valence-corrected chi connectivity index (χ3v) is 8.30. The van der Waals surface area contributed by atoms with Crippen molar-refractivity contribution in [3.05, 3.63) is 90.1 Å². The number of nitrogens with one attached hydrogen (secondary N) is 1. The number of fused-ring (bicyclic) bond motifs is 1. The Hall–Kier alpha value is -3.27. The third kappa shape index (κ3) is 4.29. The van der Waals surface area contributed by atoms with Crippen LogP contribution in [0.2, 0.25) is 0 Å². The molecule has 3 heterocycles. The van der Waals surface area contributed by atoms with Crippen LogP contribution in [-0.4, -0.2) is 40.9 Å². The van der Waals surface area contributed by atoms with Crippen molar-refractivity contribution in [2.24, 2.45) is 0 Å². The van der Waals surface area contributed by atoms with E-state index in [4.69, 9.17) is 0 Å². The number of piperidine rings is 1. The Morgan fingerprint density at radius 1 is 1.09 bits per heavy atom. The Balaban J connectivity index is 1.28. The maximum Gasteiger partial charge on any atom is 0.264 e. The van der Waals surface area contributed by atoms with Crippen molar-refractivity contribution in [1.29, 1.82) is 0 Å². The minimum Gasteiger partial charge on any atom is -0.385 e. The Bertz CT molecular complexity index is 1420. The summed E-state index contributed by atoms with van der Waals surface area (Å²) in [7, 11) is -3.81. The molecule has 1 aliphatic heterocycles. The third-order valence-electron chi connectivity index (χ3n) is 6.30. The molecule has 2 aromatic carbocycles. The van der Waals surface area contributed by atoms with Crippen LogP contribution in [0.4, 0.5) is 5.69 Å². The maximum absolute atomic E-state index is 13.0. The number of para-hydroxylation sites is 1. The molecule has 2 N–H and O–H groups in total. The summed E-state index contributed by atoms with van der Waals surface area (Å²) in [5.74, 6) is 0. The molecule has 0 saturated carbocycles. The minimum atomic E-state index is -3.81. The van der Waals surface area contributed by atoms with Crippen molar-refractivity contribution in [2.45, 2.75) is 23.3 Å². The quantitative estimate of drug-likeness (QED) is 0.413. The van der Waals surface area contributed by atoms with Gasteiger partial charge in [-0.2, -0.15) is 0 Å². The van der Waals surface area contributed by atoms with Gasteiger partial charge in [-0.1, -0.05) is 36.9 Å². The van der Waals surface area contributed by atoms with Gasteiger partial charge in [-0.05, 0) is 54.2 Å². The van der Waals surface area contributed by atoms with E-state index in [0.717, 1.165) is 22.2 Å². The Labute approximate surface area is 202 Å². The summed E-state index contributed by atoms with van der Waals surface area (Å²) < 4.78 is 32.8. The molecule has 1 saturated heterocycles. The van der Waals surface area contributed by atoms with Crippen molar-refractivity contribution in [2.75, 3.05) is 17.8 Å². The normalized spacial score (nSPS) is 15.9. The van der Waals surface area contributed by atoms with Crippen molar-refractivity contribution in [1.82, 2.24) is 14.3 Å². The van der Waals surface area contributed by atoms with Gasteiger partial charge in [0.05, 0.1) is 11.1 Å². The van der Waals surface area contributed by atoms with Gasteiger partial charge in [-0.25, -0.2) is 12.8 Å². The number of nitrogens with zero attached hydrogens (tertiary/aromatic N) is 3. The van der Waals surface area contributed by atoms with Crippen LogP contribution in [0.25, 0.3) is 16.6 Å². The molecular weight excluding hydrogens is 468 g/mol. The lowest BCUT2D eigenvalue weighted by Crippen LogP contribution is -2.41. The summed E-state index contributed by atoms with van der Waals surface area (Å²) >= 11 is 1.35. The van der Waals surface area contributed by atoms with Gasteiger partial charge in [0.25, 0.3) is 10.0 Å². The molecule has 1 fully saturated rings. The van der Waals surface area contributed by atoms with Gasteiger partial charge >= 0.3 is 0 Å². The number of hydrogen-bond donors (Lipinski definition) is 2. The molecule has 1 aliphatic rings. The van der Waals surface area contributed by atoms with Crippen LogP contribution in [-0.2, 0) is 15.6 Å². The van der Waals surface area contributed by atoms with E-state index in [9.17, 15) is 13.5 Å². The number of rotatable bonds is 6. The second kappa shape index (κ2) is 8.83. The zero-order chi connectivity index (χ0) is 23.8. The molecule has 34 heavy (non-hydrogen) atoms. The first-order valence-electron chi connectivity index (χ1n) is 10.9. The Morgan fingerprint density at radius 3 is 2.53 bits per heavy atom. The number of pyridine rings is 1. The minimum absolute atomic E-state index is 0.140. The second-order valence-electron chi connectivity index (χ2n) is 8.39. The number of aliphatic hydroxyl groups is 1. The molecule has 0 unspecified atom stereocenters. The van der Waals surface area contributed by atoms with Crippen molar-refractivity contribution < 1.29 is 13.5 Å². The molecule has 174 valence electrons. The summed E-state index contributed by atoms with van der Waals surface area (Å²) in [6, 6.07) is 15.9. The standard InChI is InChI=1S/C25H24N4O3S2/c1-18(29-14-11-25(30,12-15-29)21-16-27-33-17-21)19-7-9-22(10-8-19)28-34(31,32)23-6-2-4-20-5-3-13-26-24(20)23/h2-10,13,16-17,28,30H,1,11-12,14-15H2. The first-order chi connectivity index (χ1) is 16.4. The second-order valence-corrected chi connectivity index (χ2v) is 10.7. The summed E-state index contributed by atoms with van der Waals surface area (Å²) in [6.45, 7) is 5.58. The molecule has 7 nitrogen and oxygen atoms in total. The van der Waals surface area contributed by atoms with E-state index < -0.39 is 15.6 Å². The average Bonchev–Trinajstić information content (AvgIpc) is 3.40. The van der Waals surface area contributed by atoms with Crippen LogP contribution in [0.1, 0.15) is 24.0 Å². The van der Waals surface area contributed by atoms with Gasteiger partial charge in [0, 0.05) is 53.2 Å². The van der Waals surface area contributed by atoms with Gasteiger partial charge in [0.1, 0.15) is 4.90 Å². The van der Waals surface area contributed by atoms with Gasteiger partial charge in [0.15, 0.2) is 0 Å². The van der Waals surface area contributed by atoms with Crippen LogP contribution in [0.15, 0.2) is 83.8 Å². The van der Waals surface area contributed by atoms with E-state index >= 15 is 0 Å². The molecule has 9 heteroatoms. The van der Waals surface area contributed by atoms with E-state index in [2.05, 4.69) is 25.6 Å². The van der Waals surface area contributed by atoms with Crippen LogP contribution in [0.3, 0.4) is 0 Å². The molecular formula is C25H24N4O3S2. The summed E-state index contributed by atoms with van der Waals surface area (Å²) in [4.78, 5) is 6.54. The topological polar surface area (TPSA) is 95.4 Å². The number of likely N-dealkylation sites (tertiary alicyclic amines) is 1. The number of anilines is 1. The SMILES string of the molecule is C=C(c1ccc(NS(=O)(=O)c2cccc3cccnc23)cc1)N1CCC(O)(c2cnsc2)CC1. The van der Waals surface area contributed by atoms with Crippen LogP contribution in [0, 0.1) is 0 Å². The molecule has 0 amide bonds. The maximum atomic E-state index is 13.0. The van der Waals surface area contributed by atoms with Crippen molar-refractivity contribution >= 4 is 43.8 Å². The predicted molar refractivity (Wildman–Crippen MR) is 135 cm³/mol. The lowest BCUT2D eigenvalue weighted by molar-refractivity contribution is -0.0137. The van der Waals surface area contributed by atoms with Gasteiger partial charge in [-0.3, -0.25) is 9.71 Å². The number of hydrogen-bond acceptors (Lipinski definition) is 7.